The second-order valence-electron chi connectivity index (χ2n) is 4.71. The molecule has 2 rings (SSSR count). The molecule has 0 saturated carbocycles. The van der Waals surface area contributed by atoms with E-state index in [-0.39, 0.29) is 22.9 Å². The number of unbranched alkanes of at least 4 members (excludes halogenated alkanes) is 2. The lowest BCUT2D eigenvalue weighted by atomic mass is 10.2. The van der Waals surface area contributed by atoms with Gasteiger partial charge in [0.05, 0.1) is 10.8 Å². The molecule has 1 amide bonds. The minimum absolute atomic E-state index is 0.0858. The average Bonchev–Trinajstić information content (AvgIpc) is 2.79. The van der Waals surface area contributed by atoms with E-state index < -0.39 is 5.82 Å². The molecule has 0 spiro atoms. The average molecular weight is 318 g/mol. The Kier molecular flexibility index (Phi) is 5.69. The van der Waals surface area contributed by atoms with Crippen molar-refractivity contribution >= 4 is 29.3 Å². The van der Waals surface area contributed by atoms with Crippen molar-refractivity contribution in [3.8, 4) is 0 Å². The number of carbonyl (C=O) groups excluding carboxylic acids is 1. The molecule has 1 aromatic carbocycles. The molecule has 1 fully saturated rings. The van der Waals surface area contributed by atoms with E-state index in [1.54, 1.807) is 12.1 Å². The van der Waals surface area contributed by atoms with Crippen LogP contribution >= 0.6 is 23.4 Å². The molecule has 20 heavy (non-hydrogen) atoms. The molecular formula is C14H17ClFNO2S. The fourth-order valence-electron chi connectivity index (χ4n) is 2.21. The minimum Gasteiger partial charge on any atom is -0.396 e. The fourth-order valence-corrected chi connectivity index (χ4v) is 3.61. The minimum atomic E-state index is -0.445. The molecule has 1 atom stereocenters. The molecule has 1 saturated heterocycles. The molecule has 1 unspecified atom stereocenters. The summed E-state index contributed by atoms with van der Waals surface area (Å²) in [5.74, 6) is 0.100. The van der Waals surface area contributed by atoms with E-state index in [0.29, 0.717) is 12.3 Å². The van der Waals surface area contributed by atoms with Gasteiger partial charge >= 0.3 is 0 Å². The van der Waals surface area contributed by atoms with Gasteiger partial charge in [-0.1, -0.05) is 17.7 Å². The first-order valence-electron chi connectivity index (χ1n) is 6.60. The Labute approximate surface area is 127 Å². The second kappa shape index (κ2) is 7.29. The lowest BCUT2D eigenvalue weighted by Gasteiger charge is -2.24. The van der Waals surface area contributed by atoms with E-state index in [1.165, 1.54) is 17.8 Å². The molecule has 0 radical (unpaired) electrons. The van der Waals surface area contributed by atoms with E-state index in [9.17, 15) is 9.18 Å². The third kappa shape index (κ3) is 3.65. The number of aliphatic hydroxyl groups is 1. The zero-order valence-corrected chi connectivity index (χ0v) is 12.6. The van der Waals surface area contributed by atoms with E-state index in [1.807, 2.05) is 4.90 Å². The summed E-state index contributed by atoms with van der Waals surface area (Å²) >= 11 is 7.34. The topological polar surface area (TPSA) is 40.5 Å². The highest BCUT2D eigenvalue weighted by Gasteiger charge is 2.32. The van der Waals surface area contributed by atoms with Crippen LogP contribution in [0.4, 0.5) is 4.39 Å². The Morgan fingerprint density at radius 3 is 2.90 bits per heavy atom. The monoisotopic (exact) mass is 317 g/mol. The molecule has 1 N–H and O–H groups in total. The van der Waals surface area contributed by atoms with Gasteiger partial charge in [-0.3, -0.25) is 4.79 Å². The maximum Gasteiger partial charge on any atom is 0.233 e. The number of benzene rings is 1. The van der Waals surface area contributed by atoms with E-state index >= 15 is 0 Å². The second-order valence-corrected chi connectivity index (χ2v) is 6.18. The summed E-state index contributed by atoms with van der Waals surface area (Å²) in [5.41, 5.74) is 0.856. The molecule has 3 nitrogen and oxygen atoms in total. The van der Waals surface area contributed by atoms with Crippen LogP contribution in [0.5, 0.6) is 0 Å². The van der Waals surface area contributed by atoms with Gasteiger partial charge in [-0.15, -0.1) is 11.8 Å². The van der Waals surface area contributed by atoms with Crippen molar-refractivity contribution in [3.63, 3.8) is 0 Å². The van der Waals surface area contributed by atoms with Crippen LogP contribution in [0.1, 0.15) is 30.2 Å². The first-order valence-corrected chi connectivity index (χ1v) is 8.03. The van der Waals surface area contributed by atoms with Gasteiger partial charge < -0.3 is 10.0 Å². The number of hydrogen-bond acceptors (Lipinski definition) is 3. The number of carbonyl (C=O) groups is 1. The normalized spacial score (nSPS) is 18.9. The Balaban J connectivity index is 2.05. The highest BCUT2D eigenvalue weighted by atomic mass is 35.5. The molecule has 110 valence electrons. The number of rotatable bonds is 6. The van der Waals surface area contributed by atoms with Crippen LogP contribution in [0.3, 0.4) is 0 Å². The highest BCUT2D eigenvalue weighted by molar-refractivity contribution is 8.00. The standard InChI is InChI=1S/C14H17ClFNO2S/c15-11-8-10(4-5-12(11)16)14-17(13(19)9-20-14)6-2-1-3-7-18/h4-5,8,14,18H,1-3,6-7,9H2. The summed E-state index contributed by atoms with van der Waals surface area (Å²) in [4.78, 5) is 13.7. The molecule has 0 aromatic heterocycles. The fraction of sp³-hybridized carbons (Fsp3) is 0.500. The van der Waals surface area contributed by atoms with Crippen molar-refractivity contribution in [2.45, 2.75) is 24.6 Å². The lowest BCUT2D eigenvalue weighted by Crippen LogP contribution is -2.29. The van der Waals surface area contributed by atoms with Crippen molar-refractivity contribution in [2.75, 3.05) is 18.9 Å². The summed E-state index contributed by atoms with van der Waals surface area (Å²) in [7, 11) is 0. The van der Waals surface area contributed by atoms with Crippen molar-refractivity contribution in [1.82, 2.24) is 4.90 Å². The number of hydrogen-bond donors (Lipinski definition) is 1. The Bertz CT molecular complexity index is 486. The van der Waals surface area contributed by atoms with Crippen LogP contribution < -0.4 is 0 Å². The van der Waals surface area contributed by atoms with Gasteiger partial charge in [-0.05, 0) is 37.0 Å². The third-order valence-corrected chi connectivity index (χ3v) is 4.80. The molecule has 1 aliphatic heterocycles. The van der Waals surface area contributed by atoms with E-state index in [2.05, 4.69) is 0 Å². The first-order chi connectivity index (χ1) is 9.63. The summed E-state index contributed by atoms with van der Waals surface area (Å²) < 4.78 is 13.2. The summed E-state index contributed by atoms with van der Waals surface area (Å²) in [6.45, 7) is 0.838. The van der Waals surface area contributed by atoms with Gasteiger partial charge in [-0.25, -0.2) is 4.39 Å². The number of nitrogens with zero attached hydrogens (tertiary/aromatic N) is 1. The predicted octanol–water partition coefficient (Wildman–Crippen LogP) is 3.22. The largest absolute Gasteiger partial charge is 0.396 e. The number of thioether (sulfide) groups is 1. The zero-order valence-electron chi connectivity index (χ0n) is 11.0. The van der Waals surface area contributed by atoms with Gasteiger partial charge in [0.2, 0.25) is 5.91 Å². The summed E-state index contributed by atoms with van der Waals surface area (Å²) in [6, 6.07) is 4.61. The quantitative estimate of drug-likeness (QED) is 0.819. The van der Waals surface area contributed by atoms with E-state index in [0.717, 1.165) is 24.8 Å². The van der Waals surface area contributed by atoms with Gasteiger partial charge in [0.15, 0.2) is 0 Å². The Hall–Kier alpha value is -0.780. The van der Waals surface area contributed by atoms with Crippen LogP contribution in [0.25, 0.3) is 0 Å². The Morgan fingerprint density at radius 2 is 2.20 bits per heavy atom. The van der Waals surface area contributed by atoms with Crippen LogP contribution in [-0.4, -0.2) is 34.8 Å². The molecule has 0 bridgehead atoms. The van der Waals surface area contributed by atoms with Crippen LogP contribution in [-0.2, 0) is 4.79 Å². The lowest BCUT2D eigenvalue weighted by molar-refractivity contribution is -0.128. The number of halogens is 2. The van der Waals surface area contributed by atoms with Crippen LogP contribution in [0.15, 0.2) is 18.2 Å². The molecule has 1 heterocycles. The van der Waals surface area contributed by atoms with E-state index in [4.69, 9.17) is 16.7 Å². The van der Waals surface area contributed by atoms with Gasteiger partial charge in [0, 0.05) is 13.2 Å². The Morgan fingerprint density at radius 1 is 1.40 bits per heavy atom. The third-order valence-electron chi connectivity index (χ3n) is 3.25. The first kappa shape index (κ1) is 15.6. The van der Waals surface area contributed by atoms with Crippen molar-refractivity contribution in [2.24, 2.45) is 0 Å². The number of amides is 1. The zero-order chi connectivity index (χ0) is 14.5. The molecule has 0 aliphatic carbocycles. The van der Waals surface area contributed by atoms with Crippen LogP contribution in [0, 0.1) is 5.82 Å². The predicted molar refractivity (Wildman–Crippen MR) is 79.3 cm³/mol. The van der Waals surface area contributed by atoms with Gasteiger partial charge in [-0.2, -0.15) is 0 Å². The molecule has 6 heteroatoms. The molecular weight excluding hydrogens is 301 g/mol. The van der Waals surface area contributed by atoms with Crippen LogP contribution in [0.2, 0.25) is 5.02 Å². The van der Waals surface area contributed by atoms with Gasteiger partial charge in [0.25, 0.3) is 0 Å². The van der Waals surface area contributed by atoms with Gasteiger partial charge in [0.1, 0.15) is 11.2 Å². The van der Waals surface area contributed by atoms with Crippen molar-refractivity contribution in [1.29, 1.82) is 0 Å². The van der Waals surface area contributed by atoms with Crippen molar-refractivity contribution < 1.29 is 14.3 Å². The molecule has 1 aromatic rings. The number of aliphatic hydroxyl groups excluding tert-OH is 1. The molecule has 1 aliphatic rings. The van der Waals surface area contributed by atoms with Crippen molar-refractivity contribution in [3.05, 3.63) is 34.6 Å². The highest BCUT2D eigenvalue weighted by Crippen LogP contribution is 2.39. The summed E-state index contributed by atoms with van der Waals surface area (Å²) in [5, 5.41) is 8.76. The maximum atomic E-state index is 13.2. The maximum absolute atomic E-state index is 13.2. The SMILES string of the molecule is O=C1CSC(c2ccc(F)c(Cl)c2)N1CCCCCO. The smallest absolute Gasteiger partial charge is 0.233 e. The summed E-state index contributed by atoms with van der Waals surface area (Å²) in [6.07, 6.45) is 2.50.